The molecule has 0 spiro atoms. The fraction of sp³-hybridized carbons (Fsp3) is 0.357. The summed E-state index contributed by atoms with van der Waals surface area (Å²) in [6.45, 7) is 7.54. The lowest BCUT2D eigenvalue weighted by Crippen LogP contribution is -2.11. The van der Waals surface area contributed by atoms with Gasteiger partial charge in [-0.3, -0.25) is 0 Å². The van der Waals surface area contributed by atoms with Crippen molar-refractivity contribution in [2.24, 2.45) is 0 Å². The molecule has 0 unspecified atom stereocenters. The van der Waals surface area contributed by atoms with Crippen LogP contribution in [-0.2, 0) is 0 Å². The predicted octanol–water partition coefficient (Wildman–Crippen LogP) is 3.30. The van der Waals surface area contributed by atoms with Gasteiger partial charge < -0.3 is 15.2 Å². The number of benzene rings is 1. The first kappa shape index (κ1) is 15.3. The summed E-state index contributed by atoms with van der Waals surface area (Å²) in [5.41, 5.74) is 7.45. The van der Waals surface area contributed by atoms with E-state index in [0.717, 1.165) is 11.1 Å². The second-order valence-electron chi connectivity index (χ2n) is 4.90. The first-order chi connectivity index (χ1) is 9.85. The van der Waals surface area contributed by atoms with Gasteiger partial charge in [0, 0.05) is 5.02 Å². The maximum Gasteiger partial charge on any atom is 0.330 e. The zero-order chi connectivity index (χ0) is 15.6. The quantitative estimate of drug-likeness (QED) is 0.933. The van der Waals surface area contributed by atoms with Crippen LogP contribution in [0.15, 0.2) is 12.1 Å². The summed E-state index contributed by atoms with van der Waals surface area (Å²) in [5, 5.41) is 0.710. The fourth-order valence-electron chi connectivity index (χ4n) is 1.73. The van der Waals surface area contributed by atoms with Crippen LogP contribution in [0.25, 0.3) is 0 Å². The predicted molar refractivity (Wildman–Crippen MR) is 81.0 cm³/mol. The van der Waals surface area contributed by atoms with Crippen molar-refractivity contribution < 1.29 is 9.47 Å². The summed E-state index contributed by atoms with van der Waals surface area (Å²) >= 11 is 6.12. The molecule has 21 heavy (non-hydrogen) atoms. The average Bonchev–Trinajstić information content (AvgIpc) is 2.34. The number of nitrogens with zero attached hydrogens (tertiary/aromatic N) is 3. The Morgan fingerprint density at radius 2 is 1.62 bits per heavy atom. The van der Waals surface area contributed by atoms with Gasteiger partial charge in [-0.2, -0.15) is 9.97 Å². The lowest BCUT2D eigenvalue weighted by Gasteiger charge is -2.11. The van der Waals surface area contributed by atoms with Gasteiger partial charge >= 0.3 is 12.0 Å². The number of aromatic nitrogens is 3. The molecule has 0 amide bonds. The lowest BCUT2D eigenvalue weighted by molar-refractivity contribution is 0.219. The van der Waals surface area contributed by atoms with E-state index in [1.54, 1.807) is 12.1 Å². The molecule has 112 valence electrons. The molecule has 2 N–H and O–H groups in total. The molecule has 7 heteroatoms. The normalized spacial score (nSPS) is 10.8. The minimum atomic E-state index is -0.0697. The molecule has 0 atom stereocenters. The van der Waals surface area contributed by atoms with Gasteiger partial charge in [-0.15, -0.1) is 4.98 Å². The highest BCUT2D eigenvalue weighted by Gasteiger charge is 2.11. The zero-order valence-corrected chi connectivity index (χ0v) is 13.1. The van der Waals surface area contributed by atoms with E-state index in [9.17, 15) is 0 Å². The van der Waals surface area contributed by atoms with Gasteiger partial charge in [-0.1, -0.05) is 11.6 Å². The molecule has 0 aliphatic carbocycles. The second kappa shape index (κ2) is 6.13. The van der Waals surface area contributed by atoms with Crippen molar-refractivity contribution >= 4 is 17.5 Å². The summed E-state index contributed by atoms with van der Waals surface area (Å²) in [5.74, 6) is 0.619. The largest absolute Gasteiger partial charge is 0.461 e. The molecule has 0 aliphatic heterocycles. The molecule has 6 nitrogen and oxygen atoms in total. The number of nitrogens with two attached hydrogens (primary N) is 1. The fourth-order valence-corrected chi connectivity index (χ4v) is 1.84. The van der Waals surface area contributed by atoms with Gasteiger partial charge in [-0.25, -0.2) is 0 Å². The summed E-state index contributed by atoms with van der Waals surface area (Å²) in [4.78, 5) is 11.9. The maximum absolute atomic E-state index is 6.12. The Kier molecular flexibility index (Phi) is 4.47. The van der Waals surface area contributed by atoms with Crippen molar-refractivity contribution in [1.29, 1.82) is 0 Å². The first-order valence-electron chi connectivity index (χ1n) is 6.48. The van der Waals surface area contributed by atoms with Gasteiger partial charge in [0.2, 0.25) is 5.95 Å². The van der Waals surface area contributed by atoms with E-state index in [1.165, 1.54) is 0 Å². The summed E-state index contributed by atoms with van der Waals surface area (Å²) in [7, 11) is 0. The maximum atomic E-state index is 6.12. The van der Waals surface area contributed by atoms with Crippen molar-refractivity contribution in [3.63, 3.8) is 0 Å². The molecule has 1 heterocycles. The van der Waals surface area contributed by atoms with Gasteiger partial charge in [0.25, 0.3) is 0 Å². The monoisotopic (exact) mass is 308 g/mol. The highest BCUT2D eigenvalue weighted by molar-refractivity contribution is 6.32. The molecule has 1 aromatic heterocycles. The number of halogens is 1. The molecular weight excluding hydrogens is 292 g/mol. The van der Waals surface area contributed by atoms with Crippen molar-refractivity contribution in [1.82, 2.24) is 15.0 Å². The molecule has 0 radical (unpaired) electrons. The smallest absolute Gasteiger partial charge is 0.330 e. The Balaban J connectivity index is 2.29. The number of nitrogen functional groups attached to an aromatic ring is 1. The van der Waals surface area contributed by atoms with E-state index in [0.29, 0.717) is 10.8 Å². The topological polar surface area (TPSA) is 83.2 Å². The summed E-state index contributed by atoms with van der Waals surface area (Å²) < 4.78 is 11.0. The molecule has 0 bridgehead atoms. The Bertz CT molecular complexity index is 638. The van der Waals surface area contributed by atoms with Crippen LogP contribution in [0.5, 0.6) is 17.8 Å². The van der Waals surface area contributed by atoms with Crippen LogP contribution in [0, 0.1) is 13.8 Å². The van der Waals surface area contributed by atoms with Crippen LogP contribution in [0.3, 0.4) is 0 Å². The number of anilines is 1. The van der Waals surface area contributed by atoms with Crippen LogP contribution < -0.4 is 15.2 Å². The molecule has 0 fully saturated rings. The minimum absolute atomic E-state index is 0.0399. The molecule has 0 aliphatic rings. The van der Waals surface area contributed by atoms with Crippen molar-refractivity contribution in [3.8, 4) is 17.8 Å². The summed E-state index contributed by atoms with van der Waals surface area (Å²) in [6, 6.07) is 3.82. The molecule has 0 saturated heterocycles. The lowest BCUT2D eigenvalue weighted by atomic mass is 10.1. The van der Waals surface area contributed by atoms with Crippen molar-refractivity contribution in [2.45, 2.75) is 33.8 Å². The van der Waals surface area contributed by atoms with E-state index in [1.807, 2.05) is 27.7 Å². The van der Waals surface area contributed by atoms with Gasteiger partial charge in [0.15, 0.2) is 0 Å². The number of rotatable bonds is 4. The van der Waals surface area contributed by atoms with Gasteiger partial charge in [0.05, 0.1) is 6.10 Å². The van der Waals surface area contributed by atoms with E-state index >= 15 is 0 Å². The third-order valence-electron chi connectivity index (χ3n) is 2.57. The average molecular weight is 309 g/mol. The zero-order valence-electron chi connectivity index (χ0n) is 12.3. The van der Waals surface area contributed by atoms with Crippen LogP contribution in [0.1, 0.15) is 25.0 Å². The van der Waals surface area contributed by atoms with Crippen LogP contribution in [0.2, 0.25) is 5.02 Å². The van der Waals surface area contributed by atoms with E-state index in [4.69, 9.17) is 26.8 Å². The number of ether oxygens (including phenoxy) is 2. The van der Waals surface area contributed by atoms with E-state index < -0.39 is 0 Å². The van der Waals surface area contributed by atoms with E-state index in [-0.39, 0.29) is 24.1 Å². The molecule has 2 rings (SSSR count). The Labute approximate surface area is 128 Å². The van der Waals surface area contributed by atoms with Gasteiger partial charge in [0.1, 0.15) is 5.75 Å². The highest BCUT2D eigenvalue weighted by Crippen LogP contribution is 2.28. The Morgan fingerprint density at radius 3 is 2.19 bits per heavy atom. The number of aryl methyl sites for hydroxylation is 2. The first-order valence-corrected chi connectivity index (χ1v) is 6.85. The number of hydrogen-bond donors (Lipinski definition) is 1. The highest BCUT2D eigenvalue weighted by atomic mass is 35.5. The van der Waals surface area contributed by atoms with Crippen LogP contribution >= 0.6 is 11.6 Å². The minimum Gasteiger partial charge on any atom is -0.461 e. The molecule has 0 saturated carbocycles. The van der Waals surface area contributed by atoms with Crippen LogP contribution in [-0.4, -0.2) is 21.1 Å². The summed E-state index contributed by atoms with van der Waals surface area (Å²) in [6.07, 6.45) is -0.0697. The Morgan fingerprint density at radius 1 is 1.05 bits per heavy atom. The van der Waals surface area contributed by atoms with E-state index in [2.05, 4.69) is 15.0 Å². The Hall–Kier alpha value is -2.08. The number of hydrogen-bond acceptors (Lipinski definition) is 6. The molecule has 1 aromatic carbocycles. The van der Waals surface area contributed by atoms with Crippen molar-refractivity contribution in [3.05, 3.63) is 28.3 Å². The standard InChI is InChI=1S/C14H17ClN4O2/c1-7(2)20-13-17-12(16)18-14(19-13)21-10-5-8(3)11(15)9(4)6-10/h5-7H,1-4H3,(H2,16,17,18,19). The molecule has 2 aromatic rings. The molecular formula is C14H17ClN4O2. The van der Waals surface area contributed by atoms with Crippen LogP contribution in [0.4, 0.5) is 5.95 Å². The second-order valence-corrected chi connectivity index (χ2v) is 5.28. The SMILES string of the molecule is Cc1cc(Oc2nc(N)nc(OC(C)C)n2)cc(C)c1Cl. The van der Waals surface area contributed by atoms with Gasteiger partial charge in [-0.05, 0) is 51.0 Å². The van der Waals surface area contributed by atoms with Crippen molar-refractivity contribution in [2.75, 3.05) is 5.73 Å². The third kappa shape index (κ3) is 3.95. The third-order valence-corrected chi connectivity index (χ3v) is 3.17.